The zero-order valence-corrected chi connectivity index (χ0v) is 11.7. The second kappa shape index (κ2) is 6.06. The van der Waals surface area contributed by atoms with E-state index in [-0.39, 0.29) is 5.91 Å². The predicted molar refractivity (Wildman–Crippen MR) is 84.4 cm³/mol. The molecule has 0 atom stereocenters. The largest absolute Gasteiger partial charge is 0.398 e. The van der Waals surface area contributed by atoms with Gasteiger partial charge in [-0.3, -0.25) is 4.79 Å². The van der Waals surface area contributed by atoms with Gasteiger partial charge in [0.15, 0.2) is 0 Å². The molecule has 0 saturated carbocycles. The third kappa shape index (κ3) is 3.72. The lowest BCUT2D eigenvalue weighted by Gasteiger charge is -2.03. The highest BCUT2D eigenvalue weighted by Gasteiger charge is 1.98. The first-order valence-electron chi connectivity index (χ1n) is 6.46. The molecule has 2 rings (SSSR count). The van der Waals surface area contributed by atoms with Gasteiger partial charge in [0.2, 0.25) is 5.91 Å². The topological polar surface area (TPSA) is 55.1 Å². The summed E-state index contributed by atoms with van der Waals surface area (Å²) in [6, 6.07) is 13.4. The Morgan fingerprint density at radius 3 is 2.65 bits per heavy atom. The molecule has 0 bridgehead atoms. The van der Waals surface area contributed by atoms with Crippen molar-refractivity contribution in [2.45, 2.75) is 13.8 Å². The number of benzene rings is 2. The predicted octanol–water partition coefficient (Wildman–Crippen LogP) is 3.54. The van der Waals surface area contributed by atoms with Crippen LogP contribution in [0.25, 0.3) is 6.08 Å². The summed E-state index contributed by atoms with van der Waals surface area (Å²) in [5.74, 6) is -0.158. The molecule has 0 heterocycles. The number of rotatable bonds is 3. The van der Waals surface area contributed by atoms with Crippen LogP contribution in [-0.2, 0) is 4.79 Å². The van der Waals surface area contributed by atoms with Crippen molar-refractivity contribution in [3.05, 3.63) is 65.2 Å². The lowest BCUT2D eigenvalue weighted by molar-refractivity contribution is -0.111. The van der Waals surface area contributed by atoms with Gasteiger partial charge >= 0.3 is 0 Å². The number of amides is 1. The quantitative estimate of drug-likeness (QED) is 0.659. The number of carbonyl (C=O) groups excluding carboxylic acids is 1. The Morgan fingerprint density at radius 2 is 1.95 bits per heavy atom. The van der Waals surface area contributed by atoms with Gasteiger partial charge in [-0.25, -0.2) is 0 Å². The Kier molecular flexibility index (Phi) is 4.20. The average Bonchev–Trinajstić information content (AvgIpc) is 2.40. The van der Waals surface area contributed by atoms with Crippen molar-refractivity contribution in [1.82, 2.24) is 0 Å². The molecule has 3 N–H and O–H groups in total. The Bertz CT molecular complexity index is 660. The molecule has 0 aliphatic heterocycles. The fourth-order valence-electron chi connectivity index (χ4n) is 1.84. The minimum absolute atomic E-state index is 0.158. The Labute approximate surface area is 119 Å². The summed E-state index contributed by atoms with van der Waals surface area (Å²) in [6.45, 7) is 3.94. The van der Waals surface area contributed by atoms with Crippen LogP contribution in [0.1, 0.15) is 16.7 Å². The summed E-state index contributed by atoms with van der Waals surface area (Å²) < 4.78 is 0. The molecule has 2 aromatic carbocycles. The highest BCUT2D eigenvalue weighted by molar-refractivity contribution is 6.02. The standard InChI is InChI=1S/C17H18N2O/c1-12-4-3-5-15(10-12)19-17(20)9-8-14-7-6-13(2)16(18)11-14/h3-11H,18H2,1-2H3,(H,19,20)/b9-8+. The van der Waals surface area contributed by atoms with Crippen LogP contribution in [0.2, 0.25) is 0 Å². The molecule has 0 spiro atoms. The van der Waals surface area contributed by atoms with Crippen LogP contribution in [0.5, 0.6) is 0 Å². The number of carbonyl (C=O) groups is 1. The smallest absolute Gasteiger partial charge is 0.248 e. The third-order valence-electron chi connectivity index (χ3n) is 3.02. The Balaban J connectivity index is 2.03. The van der Waals surface area contributed by atoms with Gasteiger partial charge in [0.1, 0.15) is 0 Å². The second-order valence-corrected chi connectivity index (χ2v) is 4.81. The van der Waals surface area contributed by atoms with E-state index < -0.39 is 0 Å². The van der Waals surface area contributed by atoms with E-state index in [4.69, 9.17) is 5.73 Å². The summed E-state index contributed by atoms with van der Waals surface area (Å²) in [5, 5.41) is 2.82. The molecular weight excluding hydrogens is 248 g/mol. The minimum Gasteiger partial charge on any atom is -0.398 e. The summed E-state index contributed by atoms with van der Waals surface area (Å²) in [4.78, 5) is 11.8. The minimum atomic E-state index is -0.158. The number of anilines is 2. The summed E-state index contributed by atoms with van der Waals surface area (Å²) >= 11 is 0. The van der Waals surface area contributed by atoms with Crippen LogP contribution in [0.3, 0.4) is 0 Å². The zero-order valence-electron chi connectivity index (χ0n) is 11.7. The third-order valence-corrected chi connectivity index (χ3v) is 3.02. The number of nitrogen functional groups attached to an aromatic ring is 1. The molecule has 0 saturated heterocycles. The number of hydrogen-bond donors (Lipinski definition) is 2. The Hall–Kier alpha value is -2.55. The first kappa shape index (κ1) is 13.9. The molecule has 0 aliphatic rings. The van der Waals surface area contributed by atoms with Gasteiger partial charge in [0.05, 0.1) is 0 Å². The lowest BCUT2D eigenvalue weighted by Crippen LogP contribution is -2.07. The van der Waals surface area contributed by atoms with Gasteiger partial charge < -0.3 is 11.1 Å². The van der Waals surface area contributed by atoms with Crippen molar-refractivity contribution in [2.24, 2.45) is 0 Å². The molecule has 0 unspecified atom stereocenters. The molecule has 2 aromatic rings. The molecule has 0 radical (unpaired) electrons. The van der Waals surface area contributed by atoms with Crippen molar-refractivity contribution in [2.75, 3.05) is 11.1 Å². The van der Waals surface area contributed by atoms with E-state index in [2.05, 4.69) is 5.32 Å². The van der Waals surface area contributed by atoms with Crippen molar-refractivity contribution < 1.29 is 4.79 Å². The zero-order chi connectivity index (χ0) is 14.5. The van der Waals surface area contributed by atoms with Crippen molar-refractivity contribution in [3.8, 4) is 0 Å². The van der Waals surface area contributed by atoms with Gasteiger partial charge in [-0.05, 0) is 54.8 Å². The summed E-state index contributed by atoms with van der Waals surface area (Å²) in [7, 11) is 0. The van der Waals surface area contributed by atoms with Gasteiger partial charge in [-0.1, -0.05) is 24.3 Å². The molecule has 102 valence electrons. The molecule has 3 nitrogen and oxygen atoms in total. The number of nitrogens with two attached hydrogens (primary N) is 1. The highest BCUT2D eigenvalue weighted by Crippen LogP contribution is 2.14. The first-order chi connectivity index (χ1) is 9.54. The number of hydrogen-bond acceptors (Lipinski definition) is 2. The highest BCUT2D eigenvalue weighted by atomic mass is 16.1. The van der Waals surface area contributed by atoms with Crippen molar-refractivity contribution >= 4 is 23.4 Å². The maximum atomic E-state index is 11.8. The van der Waals surface area contributed by atoms with E-state index in [9.17, 15) is 4.79 Å². The maximum Gasteiger partial charge on any atom is 0.248 e. The van der Waals surface area contributed by atoms with Crippen LogP contribution in [0, 0.1) is 13.8 Å². The van der Waals surface area contributed by atoms with Crippen LogP contribution in [0.15, 0.2) is 48.5 Å². The summed E-state index contributed by atoms with van der Waals surface area (Å²) in [6.07, 6.45) is 3.26. The van der Waals surface area contributed by atoms with Gasteiger partial charge in [0, 0.05) is 17.5 Å². The van der Waals surface area contributed by atoms with Gasteiger partial charge in [0.25, 0.3) is 0 Å². The van der Waals surface area contributed by atoms with E-state index in [1.165, 1.54) is 6.08 Å². The average molecular weight is 266 g/mol. The van der Waals surface area contributed by atoms with Crippen LogP contribution in [-0.4, -0.2) is 5.91 Å². The molecular formula is C17H18N2O. The van der Waals surface area contributed by atoms with Crippen LogP contribution < -0.4 is 11.1 Å². The van der Waals surface area contributed by atoms with Gasteiger partial charge in [-0.2, -0.15) is 0 Å². The second-order valence-electron chi connectivity index (χ2n) is 4.81. The van der Waals surface area contributed by atoms with Crippen molar-refractivity contribution in [1.29, 1.82) is 0 Å². The van der Waals surface area contributed by atoms with E-state index >= 15 is 0 Å². The normalized spacial score (nSPS) is 10.7. The van der Waals surface area contributed by atoms with Crippen molar-refractivity contribution in [3.63, 3.8) is 0 Å². The maximum absolute atomic E-state index is 11.8. The Morgan fingerprint density at radius 1 is 1.15 bits per heavy atom. The summed E-state index contributed by atoms with van der Waals surface area (Å²) in [5.41, 5.74) is 10.4. The van der Waals surface area contributed by atoms with E-state index in [1.54, 1.807) is 6.08 Å². The fraction of sp³-hybridized carbons (Fsp3) is 0.118. The van der Waals surface area contributed by atoms with Gasteiger partial charge in [-0.15, -0.1) is 0 Å². The first-order valence-corrected chi connectivity index (χ1v) is 6.46. The van der Waals surface area contributed by atoms with E-state index in [0.717, 1.165) is 28.1 Å². The number of aryl methyl sites for hydroxylation is 2. The van der Waals surface area contributed by atoms with Crippen LogP contribution >= 0.6 is 0 Å². The molecule has 0 aromatic heterocycles. The SMILES string of the molecule is Cc1cccc(NC(=O)/C=C/c2ccc(C)c(N)c2)c1. The van der Waals surface area contributed by atoms with Crippen LogP contribution in [0.4, 0.5) is 11.4 Å². The molecule has 0 aliphatic carbocycles. The van der Waals surface area contributed by atoms with E-state index in [1.807, 2.05) is 56.3 Å². The monoisotopic (exact) mass is 266 g/mol. The lowest BCUT2D eigenvalue weighted by atomic mass is 10.1. The molecule has 0 fully saturated rings. The molecule has 20 heavy (non-hydrogen) atoms. The molecule has 3 heteroatoms. The van der Waals surface area contributed by atoms with E-state index in [0.29, 0.717) is 0 Å². The number of nitrogens with one attached hydrogen (secondary N) is 1. The molecule has 1 amide bonds. The fourth-order valence-corrected chi connectivity index (χ4v) is 1.84.